The molecule has 104 valence electrons. The first-order valence-electron chi connectivity index (χ1n) is 6.16. The van der Waals surface area contributed by atoms with E-state index in [9.17, 15) is 8.42 Å². The molecule has 0 aliphatic heterocycles. The molecule has 6 heteroatoms. The van der Waals surface area contributed by atoms with Crippen molar-refractivity contribution in [3.63, 3.8) is 0 Å². The lowest BCUT2D eigenvalue weighted by Gasteiger charge is -2.15. The lowest BCUT2D eigenvalue weighted by atomic mass is 10.3. The van der Waals surface area contributed by atoms with E-state index >= 15 is 0 Å². The van der Waals surface area contributed by atoms with Crippen LogP contribution in [-0.2, 0) is 10.0 Å². The minimum atomic E-state index is -3.17. The Balaban J connectivity index is 3.92. The van der Waals surface area contributed by atoms with Crippen LogP contribution < -0.4 is 10.0 Å². The molecule has 0 spiro atoms. The minimum Gasteiger partial charge on any atom is -0.315 e. The molecule has 2 N–H and O–H groups in total. The van der Waals surface area contributed by atoms with E-state index in [-0.39, 0.29) is 5.25 Å². The molecule has 0 rings (SSSR count). The molecule has 2 atom stereocenters. The Morgan fingerprint density at radius 1 is 1.24 bits per heavy atom. The van der Waals surface area contributed by atoms with Gasteiger partial charge in [-0.05, 0) is 32.6 Å². The van der Waals surface area contributed by atoms with Crippen molar-refractivity contribution in [3.8, 4) is 0 Å². The van der Waals surface area contributed by atoms with Gasteiger partial charge in [-0.3, -0.25) is 0 Å². The molecule has 0 heterocycles. The van der Waals surface area contributed by atoms with Gasteiger partial charge in [-0.25, -0.2) is 13.1 Å². The van der Waals surface area contributed by atoms with Crippen LogP contribution in [0.2, 0.25) is 0 Å². The van der Waals surface area contributed by atoms with Crippen molar-refractivity contribution in [1.29, 1.82) is 0 Å². The molecule has 0 saturated carbocycles. The van der Waals surface area contributed by atoms with Gasteiger partial charge in [0, 0.05) is 18.3 Å². The normalized spacial score (nSPS) is 15.8. The Kier molecular flexibility index (Phi) is 9.31. The number of thioether (sulfide) groups is 1. The summed E-state index contributed by atoms with van der Waals surface area (Å²) in [5.74, 6) is 0. The van der Waals surface area contributed by atoms with Crippen molar-refractivity contribution >= 4 is 21.8 Å². The van der Waals surface area contributed by atoms with Crippen LogP contribution in [0.15, 0.2) is 0 Å². The Morgan fingerprint density at radius 3 is 2.41 bits per heavy atom. The van der Waals surface area contributed by atoms with Crippen LogP contribution in [0.5, 0.6) is 0 Å². The molecule has 4 nitrogen and oxygen atoms in total. The van der Waals surface area contributed by atoms with E-state index in [4.69, 9.17) is 0 Å². The monoisotopic (exact) mass is 282 g/mol. The molecular weight excluding hydrogens is 256 g/mol. The van der Waals surface area contributed by atoms with Gasteiger partial charge in [0.2, 0.25) is 10.0 Å². The topological polar surface area (TPSA) is 58.2 Å². The van der Waals surface area contributed by atoms with Gasteiger partial charge in [0.05, 0.1) is 5.25 Å². The summed E-state index contributed by atoms with van der Waals surface area (Å²) < 4.78 is 26.3. The second-order valence-corrected chi connectivity index (χ2v) is 7.75. The molecule has 0 fully saturated rings. The van der Waals surface area contributed by atoms with Crippen LogP contribution in [0, 0.1) is 0 Å². The lowest BCUT2D eigenvalue weighted by molar-refractivity contribution is 0.555. The van der Waals surface area contributed by atoms with Crippen molar-refractivity contribution < 1.29 is 8.42 Å². The quantitative estimate of drug-likeness (QED) is 0.595. The summed E-state index contributed by atoms with van der Waals surface area (Å²) >= 11 is 1.75. The van der Waals surface area contributed by atoms with Gasteiger partial charge in [-0.2, -0.15) is 11.8 Å². The summed E-state index contributed by atoms with van der Waals surface area (Å²) in [7, 11) is -3.17. The first kappa shape index (κ1) is 17.2. The van der Waals surface area contributed by atoms with Crippen molar-refractivity contribution in [2.24, 2.45) is 0 Å². The van der Waals surface area contributed by atoms with E-state index in [0.717, 1.165) is 19.4 Å². The third kappa shape index (κ3) is 8.02. The number of rotatable bonds is 10. The van der Waals surface area contributed by atoms with Crippen LogP contribution in [0.25, 0.3) is 0 Å². The molecule has 0 aliphatic carbocycles. The van der Waals surface area contributed by atoms with Gasteiger partial charge in [-0.15, -0.1) is 0 Å². The van der Waals surface area contributed by atoms with Crippen LogP contribution in [0.1, 0.15) is 33.6 Å². The molecule has 0 saturated heterocycles. The maximum absolute atomic E-state index is 11.8. The Morgan fingerprint density at radius 2 is 1.88 bits per heavy atom. The van der Waals surface area contributed by atoms with Crippen LogP contribution in [-0.4, -0.2) is 44.8 Å². The molecule has 2 unspecified atom stereocenters. The van der Waals surface area contributed by atoms with E-state index in [2.05, 4.69) is 23.9 Å². The summed E-state index contributed by atoms with van der Waals surface area (Å²) in [4.78, 5) is 0. The fourth-order valence-electron chi connectivity index (χ4n) is 1.26. The Labute approximate surface area is 110 Å². The molecule has 0 bridgehead atoms. The fraction of sp³-hybridized carbons (Fsp3) is 1.00. The smallest absolute Gasteiger partial charge is 0.215 e. The SMILES string of the molecule is CCCNCC(C)S(=O)(=O)NCCC(C)SC. The van der Waals surface area contributed by atoms with Crippen molar-refractivity contribution in [3.05, 3.63) is 0 Å². The van der Waals surface area contributed by atoms with Crippen molar-refractivity contribution in [1.82, 2.24) is 10.0 Å². The molecule has 17 heavy (non-hydrogen) atoms. The first-order chi connectivity index (χ1) is 7.94. The number of hydrogen-bond donors (Lipinski definition) is 2. The van der Waals surface area contributed by atoms with Crippen LogP contribution >= 0.6 is 11.8 Å². The van der Waals surface area contributed by atoms with Crippen LogP contribution in [0.4, 0.5) is 0 Å². The first-order valence-corrected chi connectivity index (χ1v) is 8.99. The largest absolute Gasteiger partial charge is 0.315 e. The zero-order valence-electron chi connectivity index (χ0n) is 11.3. The predicted molar refractivity (Wildman–Crippen MR) is 77.1 cm³/mol. The molecular formula is C11H26N2O2S2. The van der Waals surface area contributed by atoms with E-state index in [1.54, 1.807) is 18.7 Å². The second-order valence-electron chi connectivity index (χ2n) is 4.29. The van der Waals surface area contributed by atoms with E-state index < -0.39 is 10.0 Å². The highest BCUT2D eigenvalue weighted by molar-refractivity contribution is 7.99. The maximum Gasteiger partial charge on any atom is 0.215 e. The fourth-order valence-corrected chi connectivity index (χ4v) is 2.63. The summed E-state index contributed by atoms with van der Waals surface area (Å²) in [6, 6.07) is 0. The van der Waals surface area contributed by atoms with Gasteiger partial charge in [0.25, 0.3) is 0 Å². The Hall–Kier alpha value is 0.220. The van der Waals surface area contributed by atoms with Gasteiger partial charge >= 0.3 is 0 Å². The summed E-state index contributed by atoms with van der Waals surface area (Å²) in [5, 5.41) is 3.24. The molecule has 0 aromatic rings. The molecule has 0 aromatic carbocycles. The highest BCUT2D eigenvalue weighted by Crippen LogP contribution is 2.08. The number of sulfonamides is 1. The average molecular weight is 282 g/mol. The standard InChI is InChI=1S/C11H26N2O2S2/c1-5-7-12-9-11(3)17(14,15)13-8-6-10(2)16-4/h10-13H,5-9H2,1-4H3. The maximum atomic E-state index is 11.8. The lowest BCUT2D eigenvalue weighted by Crippen LogP contribution is -2.39. The van der Waals surface area contributed by atoms with E-state index in [1.807, 2.05) is 6.26 Å². The van der Waals surface area contributed by atoms with Gasteiger partial charge in [-0.1, -0.05) is 13.8 Å². The molecule has 0 amide bonds. The van der Waals surface area contributed by atoms with Crippen molar-refractivity contribution in [2.75, 3.05) is 25.9 Å². The molecule has 0 radical (unpaired) electrons. The van der Waals surface area contributed by atoms with E-state index in [0.29, 0.717) is 18.3 Å². The highest BCUT2D eigenvalue weighted by Gasteiger charge is 2.19. The molecule has 0 aromatic heterocycles. The second kappa shape index (κ2) is 9.19. The van der Waals surface area contributed by atoms with Crippen LogP contribution in [0.3, 0.4) is 0 Å². The third-order valence-electron chi connectivity index (χ3n) is 2.64. The summed E-state index contributed by atoms with van der Waals surface area (Å²) in [6.07, 6.45) is 3.93. The zero-order valence-corrected chi connectivity index (χ0v) is 13.0. The van der Waals surface area contributed by atoms with Gasteiger partial charge in [0.15, 0.2) is 0 Å². The van der Waals surface area contributed by atoms with Crippen molar-refractivity contribution in [2.45, 2.75) is 44.1 Å². The highest BCUT2D eigenvalue weighted by atomic mass is 32.2. The number of hydrogen-bond acceptors (Lipinski definition) is 4. The Bertz CT molecular complexity index is 281. The average Bonchev–Trinajstić information content (AvgIpc) is 2.28. The predicted octanol–water partition coefficient (Wildman–Crippen LogP) is 1.44. The number of nitrogens with one attached hydrogen (secondary N) is 2. The summed E-state index contributed by atoms with van der Waals surface area (Å²) in [6.45, 7) is 7.81. The van der Waals surface area contributed by atoms with Gasteiger partial charge < -0.3 is 5.32 Å². The molecule has 0 aliphatic rings. The zero-order chi connectivity index (χ0) is 13.3. The minimum absolute atomic E-state index is 0.376. The van der Waals surface area contributed by atoms with E-state index in [1.165, 1.54) is 0 Å². The summed E-state index contributed by atoms with van der Waals surface area (Å²) in [5.41, 5.74) is 0. The van der Waals surface area contributed by atoms with Gasteiger partial charge in [0.1, 0.15) is 0 Å². The third-order valence-corrected chi connectivity index (χ3v) is 5.52.